The molecule has 0 amide bonds. The van der Waals surface area contributed by atoms with Crippen LogP contribution in [0.2, 0.25) is 5.02 Å². The molecule has 4 rings (SSSR count). The Morgan fingerprint density at radius 3 is 2.32 bits per heavy atom. The van der Waals surface area contributed by atoms with Gasteiger partial charge in [-0.2, -0.15) is 0 Å². The lowest BCUT2D eigenvalue weighted by molar-refractivity contribution is 0.1000. The number of Topliss-reactive ketones (excluding diaryl/α,β-unsaturated/α-hetero) is 1. The lowest BCUT2D eigenvalue weighted by Gasteiger charge is -2.24. The Hall–Kier alpha value is -2.13. The van der Waals surface area contributed by atoms with Crippen molar-refractivity contribution in [3.05, 3.63) is 64.2 Å². The normalized spacial score (nSPS) is 17.7. The second-order valence-corrected chi connectivity index (χ2v) is 7.11. The summed E-state index contributed by atoms with van der Waals surface area (Å²) in [7, 11) is 0. The first-order valence-electron chi connectivity index (χ1n) is 8.96. The van der Waals surface area contributed by atoms with Crippen LogP contribution in [-0.2, 0) is 0 Å². The van der Waals surface area contributed by atoms with Gasteiger partial charge in [-0.15, -0.1) is 0 Å². The van der Waals surface area contributed by atoms with Gasteiger partial charge in [0, 0.05) is 35.5 Å². The molecule has 2 aromatic rings. The van der Waals surface area contributed by atoms with Gasteiger partial charge in [-0.1, -0.05) is 48.7 Å². The van der Waals surface area contributed by atoms with Gasteiger partial charge in [-0.3, -0.25) is 9.79 Å². The van der Waals surface area contributed by atoms with E-state index in [1.54, 1.807) is 0 Å². The Kier molecular flexibility index (Phi) is 4.58. The summed E-state index contributed by atoms with van der Waals surface area (Å²) < 4.78 is 0. The number of nitrogens with zero attached hydrogens (tertiary/aromatic N) is 2. The summed E-state index contributed by atoms with van der Waals surface area (Å²) in [5.74, 6) is 0.0664. The van der Waals surface area contributed by atoms with Gasteiger partial charge in [0.1, 0.15) is 6.54 Å². The molecular formula is C21H21ClN2O. The standard InChI is InChI=1S/C21H21ClN2O/c22-19-13-15(24-11-5-1-2-6-12-24)9-10-18(19)21-17-8-4-3-7-16(17)20(25)14-23-21/h3-4,7-10,13H,1-2,5-6,11-12,14H2. The fraction of sp³-hybridized carbons (Fsp3) is 0.333. The lowest BCUT2D eigenvalue weighted by Crippen LogP contribution is -2.24. The third-order valence-corrected chi connectivity index (χ3v) is 5.36. The quantitative estimate of drug-likeness (QED) is 0.781. The van der Waals surface area contributed by atoms with Gasteiger partial charge in [0.25, 0.3) is 0 Å². The van der Waals surface area contributed by atoms with Crippen molar-refractivity contribution < 1.29 is 4.79 Å². The second kappa shape index (κ2) is 7.01. The number of anilines is 1. The van der Waals surface area contributed by atoms with Gasteiger partial charge in [-0.05, 0) is 31.0 Å². The lowest BCUT2D eigenvalue weighted by atomic mass is 9.92. The number of benzene rings is 2. The molecule has 2 heterocycles. The van der Waals surface area contributed by atoms with E-state index >= 15 is 0 Å². The van der Waals surface area contributed by atoms with Crippen LogP contribution in [0.15, 0.2) is 47.5 Å². The highest BCUT2D eigenvalue weighted by atomic mass is 35.5. The molecule has 0 spiro atoms. The smallest absolute Gasteiger partial charge is 0.184 e. The summed E-state index contributed by atoms with van der Waals surface area (Å²) >= 11 is 6.63. The van der Waals surface area contributed by atoms with Crippen LogP contribution >= 0.6 is 11.6 Å². The first kappa shape index (κ1) is 16.3. The van der Waals surface area contributed by atoms with E-state index < -0.39 is 0 Å². The van der Waals surface area contributed by atoms with Crippen LogP contribution in [0.25, 0.3) is 0 Å². The molecule has 0 N–H and O–H groups in total. The van der Waals surface area contributed by atoms with Crippen molar-refractivity contribution in [3.8, 4) is 0 Å². The number of aliphatic imine (C=N–C) groups is 1. The Balaban J connectivity index is 1.69. The summed E-state index contributed by atoms with van der Waals surface area (Å²) in [5, 5.41) is 0.699. The van der Waals surface area contributed by atoms with E-state index in [2.05, 4.69) is 16.0 Å². The molecule has 128 valence electrons. The molecule has 1 saturated heterocycles. The van der Waals surface area contributed by atoms with Crippen molar-refractivity contribution in [2.24, 2.45) is 4.99 Å². The van der Waals surface area contributed by atoms with Gasteiger partial charge in [0.05, 0.1) is 10.7 Å². The van der Waals surface area contributed by atoms with E-state index in [4.69, 9.17) is 11.6 Å². The number of carbonyl (C=O) groups excluding carboxylic acids is 1. The fourth-order valence-corrected chi connectivity index (χ4v) is 3.97. The molecule has 1 fully saturated rings. The van der Waals surface area contributed by atoms with Crippen molar-refractivity contribution >= 4 is 28.8 Å². The summed E-state index contributed by atoms with van der Waals surface area (Å²) in [6, 6.07) is 13.9. The third-order valence-electron chi connectivity index (χ3n) is 5.04. The maximum atomic E-state index is 12.1. The number of carbonyl (C=O) groups is 1. The maximum absolute atomic E-state index is 12.1. The highest BCUT2D eigenvalue weighted by Gasteiger charge is 2.23. The fourth-order valence-electron chi connectivity index (χ4n) is 3.71. The Morgan fingerprint density at radius 2 is 1.60 bits per heavy atom. The van der Waals surface area contributed by atoms with E-state index in [9.17, 15) is 4.79 Å². The predicted octanol–water partition coefficient (Wildman–Crippen LogP) is 4.75. The zero-order chi connectivity index (χ0) is 17.2. The zero-order valence-corrected chi connectivity index (χ0v) is 14.9. The van der Waals surface area contributed by atoms with Crippen molar-refractivity contribution in [2.45, 2.75) is 25.7 Å². The average molecular weight is 353 g/mol. The van der Waals surface area contributed by atoms with E-state index in [0.29, 0.717) is 5.02 Å². The predicted molar refractivity (Wildman–Crippen MR) is 103 cm³/mol. The Labute approximate surface area is 153 Å². The van der Waals surface area contributed by atoms with Crippen LogP contribution in [0.5, 0.6) is 0 Å². The van der Waals surface area contributed by atoms with Gasteiger partial charge in [-0.25, -0.2) is 0 Å². The number of ketones is 1. The summed E-state index contributed by atoms with van der Waals surface area (Å²) in [4.78, 5) is 19.0. The molecule has 0 bridgehead atoms. The summed E-state index contributed by atoms with van der Waals surface area (Å²) in [5.41, 5.74) is 4.52. The minimum Gasteiger partial charge on any atom is -0.371 e. The first-order valence-corrected chi connectivity index (χ1v) is 9.34. The van der Waals surface area contributed by atoms with Gasteiger partial charge >= 0.3 is 0 Å². The van der Waals surface area contributed by atoms with Gasteiger partial charge in [0.2, 0.25) is 0 Å². The molecule has 0 radical (unpaired) electrons. The molecule has 2 aliphatic heterocycles. The number of halogens is 1. The van der Waals surface area contributed by atoms with Gasteiger partial charge in [0.15, 0.2) is 5.78 Å². The molecule has 2 aliphatic rings. The largest absolute Gasteiger partial charge is 0.371 e. The SMILES string of the molecule is O=C1CN=C(c2ccc(N3CCCCCC3)cc2Cl)c2ccccc21. The Bertz CT molecular complexity index is 836. The molecule has 3 nitrogen and oxygen atoms in total. The minimum atomic E-state index is 0.0664. The van der Waals surface area contributed by atoms with Crippen molar-refractivity contribution in [2.75, 3.05) is 24.5 Å². The highest BCUT2D eigenvalue weighted by molar-refractivity contribution is 6.36. The second-order valence-electron chi connectivity index (χ2n) is 6.70. The number of fused-ring (bicyclic) bond motifs is 1. The molecule has 2 aromatic carbocycles. The third kappa shape index (κ3) is 3.21. The molecule has 25 heavy (non-hydrogen) atoms. The van der Waals surface area contributed by atoms with Crippen LogP contribution in [0.3, 0.4) is 0 Å². The van der Waals surface area contributed by atoms with E-state index in [1.807, 2.05) is 36.4 Å². The molecule has 4 heteroatoms. The molecule has 0 saturated carbocycles. The van der Waals surface area contributed by atoms with Gasteiger partial charge < -0.3 is 4.90 Å². The maximum Gasteiger partial charge on any atom is 0.184 e. The van der Waals surface area contributed by atoms with Crippen molar-refractivity contribution in [1.29, 1.82) is 0 Å². The van der Waals surface area contributed by atoms with Crippen LogP contribution in [0.4, 0.5) is 5.69 Å². The number of hydrogen-bond donors (Lipinski definition) is 0. The number of rotatable bonds is 2. The Morgan fingerprint density at radius 1 is 0.880 bits per heavy atom. The van der Waals surface area contributed by atoms with Crippen LogP contribution in [-0.4, -0.2) is 31.1 Å². The molecule has 0 aliphatic carbocycles. The molecule has 0 unspecified atom stereocenters. The zero-order valence-electron chi connectivity index (χ0n) is 14.2. The average Bonchev–Trinajstić information content (AvgIpc) is 2.92. The summed E-state index contributed by atoms with van der Waals surface area (Å²) in [6.07, 6.45) is 5.09. The highest BCUT2D eigenvalue weighted by Crippen LogP contribution is 2.29. The van der Waals surface area contributed by atoms with E-state index in [0.717, 1.165) is 35.5 Å². The van der Waals surface area contributed by atoms with Crippen LogP contribution < -0.4 is 4.90 Å². The minimum absolute atomic E-state index is 0.0664. The van der Waals surface area contributed by atoms with E-state index in [-0.39, 0.29) is 12.3 Å². The van der Waals surface area contributed by atoms with Crippen LogP contribution in [0, 0.1) is 0 Å². The molecular weight excluding hydrogens is 332 g/mol. The topological polar surface area (TPSA) is 32.7 Å². The molecule has 0 atom stereocenters. The first-order chi connectivity index (χ1) is 12.2. The molecule has 0 aromatic heterocycles. The summed E-state index contributed by atoms with van der Waals surface area (Å²) in [6.45, 7) is 2.37. The van der Waals surface area contributed by atoms with Crippen molar-refractivity contribution in [1.82, 2.24) is 0 Å². The number of hydrogen-bond acceptors (Lipinski definition) is 3. The monoisotopic (exact) mass is 352 g/mol. The van der Waals surface area contributed by atoms with E-state index in [1.165, 1.54) is 31.4 Å². The van der Waals surface area contributed by atoms with Crippen molar-refractivity contribution in [3.63, 3.8) is 0 Å². The van der Waals surface area contributed by atoms with Crippen LogP contribution in [0.1, 0.15) is 47.2 Å².